The van der Waals surface area contributed by atoms with Crippen LogP contribution in [0.5, 0.6) is 0 Å². The molecule has 0 bridgehead atoms. The van der Waals surface area contributed by atoms with E-state index in [9.17, 15) is 26.4 Å². The maximum atomic E-state index is 13.8. The SMILES string of the molecule is Cc1ccc(S(=O)(=O)N2CCCN2C(=O)C[C@H](N)Cc2cc(F)c(F)cc2F)cc1.Cl. The Labute approximate surface area is 185 Å². The van der Waals surface area contributed by atoms with Crippen LogP contribution in [0.3, 0.4) is 0 Å². The van der Waals surface area contributed by atoms with Gasteiger partial charge in [-0.25, -0.2) is 21.6 Å². The van der Waals surface area contributed by atoms with Crippen molar-refractivity contribution in [1.82, 2.24) is 9.42 Å². The Morgan fingerprint density at radius 2 is 1.68 bits per heavy atom. The van der Waals surface area contributed by atoms with Crippen molar-refractivity contribution in [3.05, 3.63) is 65.0 Å². The summed E-state index contributed by atoms with van der Waals surface area (Å²) in [5, 5.41) is 1.12. The van der Waals surface area contributed by atoms with E-state index >= 15 is 0 Å². The predicted molar refractivity (Wildman–Crippen MR) is 111 cm³/mol. The standard InChI is InChI=1S/C20H22F3N3O3S.ClH/c1-13-3-5-16(6-4-13)30(28,29)26-8-2-7-25(26)20(27)11-15(24)9-14-10-18(22)19(23)12-17(14)21;/h3-6,10,12,15H,2,7-9,11,24H2,1H3;1H/t15-;/m1./s1. The highest BCUT2D eigenvalue weighted by molar-refractivity contribution is 7.89. The smallest absolute Gasteiger partial charge is 0.260 e. The van der Waals surface area contributed by atoms with Gasteiger partial charge in [-0.15, -0.1) is 16.8 Å². The van der Waals surface area contributed by atoms with Crippen molar-refractivity contribution in [3.63, 3.8) is 0 Å². The maximum Gasteiger partial charge on any atom is 0.260 e. The van der Waals surface area contributed by atoms with Crippen LogP contribution in [0, 0.1) is 24.4 Å². The highest BCUT2D eigenvalue weighted by Crippen LogP contribution is 2.24. The Morgan fingerprint density at radius 3 is 2.32 bits per heavy atom. The molecule has 0 aromatic heterocycles. The molecule has 0 spiro atoms. The van der Waals surface area contributed by atoms with Crippen molar-refractivity contribution in [2.24, 2.45) is 5.73 Å². The highest BCUT2D eigenvalue weighted by atomic mass is 35.5. The number of aryl methyl sites for hydroxylation is 1. The zero-order valence-electron chi connectivity index (χ0n) is 16.7. The largest absolute Gasteiger partial charge is 0.327 e. The monoisotopic (exact) mass is 477 g/mol. The van der Waals surface area contributed by atoms with Gasteiger partial charge in [0.15, 0.2) is 11.6 Å². The lowest BCUT2D eigenvalue weighted by Crippen LogP contribution is -2.46. The zero-order chi connectivity index (χ0) is 22.1. The van der Waals surface area contributed by atoms with Crippen molar-refractivity contribution < 1.29 is 26.4 Å². The van der Waals surface area contributed by atoms with Gasteiger partial charge in [0.1, 0.15) is 5.82 Å². The van der Waals surface area contributed by atoms with E-state index in [-0.39, 0.29) is 48.8 Å². The molecular formula is C20H23ClF3N3O3S. The second-order valence-electron chi connectivity index (χ2n) is 7.26. The van der Waals surface area contributed by atoms with Crippen molar-refractivity contribution in [2.75, 3.05) is 13.1 Å². The van der Waals surface area contributed by atoms with E-state index < -0.39 is 39.4 Å². The molecule has 1 saturated heterocycles. The first-order valence-electron chi connectivity index (χ1n) is 9.38. The van der Waals surface area contributed by atoms with E-state index in [2.05, 4.69) is 0 Å². The summed E-state index contributed by atoms with van der Waals surface area (Å²) in [4.78, 5) is 12.8. The average molecular weight is 478 g/mol. The quantitative estimate of drug-likeness (QED) is 0.648. The summed E-state index contributed by atoms with van der Waals surface area (Å²) in [6.45, 7) is 2.18. The van der Waals surface area contributed by atoms with Crippen LogP contribution < -0.4 is 5.73 Å². The maximum absolute atomic E-state index is 13.8. The average Bonchev–Trinajstić information content (AvgIpc) is 3.17. The molecule has 1 aliphatic heterocycles. The molecule has 0 saturated carbocycles. The molecule has 1 aliphatic rings. The number of amides is 1. The van der Waals surface area contributed by atoms with Crippen LogP contribution in [-0.2, 0) is 21.2 Å². The number of benzene rings is 2. The van der Waals surface area contributed by atoms with Gasteiger partial charge in [-0.3, -0.25) is 9.80 Å². The number of nitrogens with zero attached hydrogens (tertiary/aromatic N) is 2. The molecule has 31 heavy (non-hydrogen) atoms. The minimum Gasteiger partial charge on any atom is -0.327 e. The summed E-state index contributed by atoms with van der Waals surface area (Å²) < 4.78 is 67.1. The fraction of sp³-hybridized carbons (Fsp3) is 0.350. The third-order valence-electron chi connectivity index (χ3n) is 4.88. The Kier molecular flexibility index (Phi) is 8.09. The van der Waals surface area contributed by atoms with Crippen LogP contribution >= 0.6 is 12.4 Å². The first kappa shape index (κ1) is 25.1. The van der Waals surface area contributed by atoms with Gasteiger partial charge in [0, 0.05) is 31.6 Å². The fourth-order valence-corrected chi connectivity index (χ4v) is 4.85. The summed E-state index contributed by atoms with van der Waals surface area (Å²) in [6.07, 6.45) is -0.0183. The van der Waals surface area contributed by atoms with Crippen molar-refractivity contribution in [2.45, 2.75) is 37.1 Å². The fourth-order valence-electron chi connectivity index (χ4n) is 3.32. The van der Waals surface area contributed by atoms with Gasteiger partial charge in [-0.05, 0) is 43.5 Å². The normalized spacial score (nSPS) is 15.6. The molecule has 1 fully saturated rings. The number of hydrogen-bond donors (Lipinski definition) is 1. The molecule has 2 aromatic rings. The Bertz CT molecular complexity index is 1050. The Hall–Kier alpha value is -2.14. The lowest BCUT2D eigenvalue weighted by molar-refractivity contribution is -0.138. The molecule has 0 unspecified atom stereocenters. The number of sulfonamides is 1. The van der Waals surface area contributed by atoms with Crippen molar-refractivity contribution in [3.8, 4) is 0 Å². The molecule has 170 valence electrons. The topological polar surface area (TPSA) is 83.7 Å². The third-order valence-corrected chi connectivity index (χ3v) is 6.68. The molecule has 1 heterocycles. The summed E-state index contributed by atoms with van der Waals surface area (Å²) in [5.74, 6) is -4.02. The second kappa shape index (κ2) is 9.99. The van der Waals surface area contributed by atoms with E-state index in [1.807, 2.05) is 6.92 Å². The van der Waals surface area contributed by atoms with Gasteiger partial charge in [0.2, 0.25) is 5.91 Å². The number of rotatable bonds is 6. The molecule has 2 aromatic carbocycles. The third kappa shape index (κ3) is 5.57. The number of carbonyl (C=O) groups excluding carboxylic acids is 1. The van der Waals surface area contributed by atoms with Crippen LogP contribution in [0.25, 0.3) is 0 Å². The molecule has 6 nitrogen and oxygen atoms in total. The molecule has 0 radical (unpaired) electrons. The summed E-state index contributed by atoms with van der Waals surface area (Å²) in [7, 11) is -3.92. The van der Waals surface area contributed by atoms with E-state index in [0.717, 1.165) is 15.0 Å². The van der Waals surface area contributed by atoms with Gasteiger partial charge in [-0.1, -0.05) is 17.7 Å². The van der Waals surface area contributed by atoms with Gasteiger partial charge in [-0.2, -0.15) is 0 Å². The number of nitrogens with two attached hydrogens (primary N) is 1. The first-order valence-corrected chi connectivity index (χ1v) is 10.8. The van der Waals surface area contributed by atoms with Crippen molar-refractivity contribution in [1.29, 1.82) is 0 Å². The molecule has 11 heteroatoms. The number of hydrazine groups is 1. The highest BCUT2D eigenvalue weighted by Gasteiger charge is 2.37. The molecule has 2 N–H and O–H groups in total. The van der Waals surface area contributed by atoms with Gasteiger partial charge >= 0.3 is 0 Å². The van der Waals surface area contributed by atoms with Crippen LogP contribution in [0.15, 0.2) is 41.3 Å². The predicted octanol–water partition coefficient (Wildman–Crippen LogP) is 2.93. The zero-order valence-corrected chi connectivity index (χ0v) is 18.4. The minimum absolute atomic E-state index is 0. The summed E-state index contributed by atoms with van der Waals surface area (Å²) in [5.41, 5.74) is 6.66. The minimum atomic E-state index is -3.92. The number of halogens is 4. The van der Waals surface area contributed by atoms with E-state index in [1.54, 1.807) is 12.1 Å². The Balaban J connectivity index is 0.00000341. The van der Waals surface area contributed by atoms with E-state index in [4.69, 9.17) is 5.73 Å². The van der Waals surface area contributed by atoms with Gasteiger partial charge in [0.05, 0.1) is 4.90 Å². The summed E-state index contributed by atoms with van der Waals surface area (Å²) in [6, 6.07) is 6.52. The summed E-state index contributed by atoms with van der Waals surface area (Å²) >= 11 is 0. The van der Waals surface area contributed by atoms with E-state index in [0.29, 0.717) is 18.6 Å². The second-order valence-corrected chi connectivity index (χ2v) is 9.10. The van der Waals surface area contributed by atoms with Gasteiger partial charge in [0.25, 0.3) is 10.0 Å². The van der Waals surface area contributed by atoms with Crippen molar-refractivity contribution >= 4 is 28.3 Å². The lowest BCUT2D eigenvalue weighted by atomic mass is 10.0. The molecule has 3 rings (SSSR count). The molecule has 0 aliphatic carbocycles. The number of hydrogen-bond acceptors (Lipinski definition) is 4. The van der Waals surface area contributed by atoms with E-state index in [1.165, 1.54) is 12.1 Å². The first-order chi connectivity index (χ1) is 14.1. The van der Waals surface area contributed by atoms with Crippen LogP contribution in [-0.4, -0.2) is 42.9 Å². The molecule has 1 amide bonds. The lowest BCUT2D eigenvalue weighted by Gasteiger charge is -2.28. The molecular weight excluding hydrogens is 455 g/mol. The molecule has 1 atom stereocenters. The van der Waals surface area contributed by atoms with Crippen LogP contribution in [0.2, 0.25) is 0 Å². The van der Waals surface area contributed by atoms with Gasteiger partial charge < -0.3 is 5.73 Å². The van der Waals surface area contributed by atoms with Crippen LogP contribution in [0.4, 0.5) is 13.2 Å². The number of carbonyl (C=O) groups is 1. The Morgan fingerprint density at radius 1 is 1.06 bits per heavy atom. The van der Waals surface area contributed by atoms with Crippen LogP contribution in [0.1, 0.15) is 24.0 Å².